The van der Waals surface area contributed by atoms with Gasteiger partial charge in [-0.3, -0.25) is 4.21 Å². The summed E-state index contributed by atoms with van der Waals surface area (Å²) < 4.78 is 24.9. The lowest BCUT2D eigenvalue weighted by atomic mass is 10.2. The molecule has 17 heavy (non-hydrogen) atoms. The van der Waals surface area contributed by atoms with E-state index in [0.29, 0.717) is 18.1 Å². The van der Waals surface area contributed by atoms with Crippen molar-refractivity contribution in [3.8, 4) is 0 Å². The smallest absolute Gasteiger partial charge is 0.169 e. The molecular weight excluding hydrogens is 265 g/mol. The van der Waals surface area contributed by atoms with E-state index >= 15 is 0 Å². The van der Waals surface area contributed by atoms with Crippen molar-refractivity contribution >= 4 is 39.5 Å². The third kappa shape index (κ3) is 3.47. The van der Waals surface area contributed by atoms with Gasteiger partial charge >= 0.3 is 0 Å². The van der Waals surface area contributed by atoms with Crippen LogP contribution in [-0.2, 0) is 10.8 Å². The predicted octanol–water partition coefficient (Wildman–Crippen LogP) is 1.82. The molecule has 0 saturated heterocycles. The van der Waals surface area contributed by atoms with Crippen LogP contribution in [0.3, 0.4) is 0 Å². The molecule has 0 fully saturated rings. The molecule has 1 atom stereocenters. The molecule has 1 aromatic rings. The summed E-state index contributed by atoms with van der Waals surface area (Å²) in [6, 6.07) is 1.39. The molecule has 0 radical (unpaired) electrons. The standard InChI is InChI=1S/C10H15ClFN3OS/c1-2-17(16)4-3-15-10-7(14)5-6(13)8(11)9(10)12/h5,15H,2-4,13-14H2,1H3. The van der Waals surface area contributed by atoms with E-state index < -0.39 is 16.6 Å². The highest BCUT2D eigenvalue weighted by Gasteiger charge is 2.13. The first-order valence-electron chi connectivity index (χ1n) is 5.09. The lowest BCUT2D eigenvalue weighted by Gasteiger charge is -2.12. The van der Waals surface area contributed by atoms with Crippen molar-refractivity contribution in [3.63, 3.8) is 0 Å². The topological polar surface area (TPSA) is 81.1 Å². The molecule has 1 aromatic carbocycles. The van der Waals surface area contributed by atoms with Crippen LogP contribution in [0.4, 0.5) is 21.5 Å². The van der Waals surface area contributed by atoms with Crippen LogP contribution in [0.1, 0.15) is 6.92 Å². The average molecular weight is 280 g/mol. The second kappa shape index (κ2) is 6.07. The Balaban J connectivity index is 2.78. The molecular formula is C10H15ClFN3OS. The third-order valence-electron chi connectivity index (χ3n) is 2.22. The Labute approximate surface area is 107 Å². The van der Waals surface area contributed by atoms with Gasteiger partial charge < -0.3 is 16.8 Å². The zero-order chi connectivity index (χ0) is 13.0. The fourth-order valence-corrected chi connectivity index (χ4v) is 2.05. The number of halogens is 2. The molecule has 4 nitrogen and oxygen atoms in total. The molecule has 0 saturated carbocycles. The maximum Gasteiger partial charge on any atom is 0.169 e. The van der Waals surface area contributed by atoms with Crippen molar-refractivity contribution < 1.29 is 8.60 Å². The number of benzene rings is 1. The molecule has 0 amide bonds. The summed E-state index contributed by atoms with van der Waals surface area (Å²) in [5, 5.41) is 2.63. The van der Waals surface area contributed by atoms with E-state index in [2.05, 4.69) is 5.32 Å². The quantitative estimate of drug-likeness (QED) is 0.718. The lowest BCUT2D eigenvalue weighted by molar-refractivity contribution is 0.632. The Morgan fingerprint density at radius 3 is 2.71 bits per heavy atom. The van der Waals surface area contributed by atoms with Gasteiger partial charge in [-0.1, -0.05) is 18.5 Å². The Kier molecular flexibility index (Phi) is 5.02. The number of hydrogen-bond donors (Lipinski definition) is 3. The fourth-order valence-electron chi connectivity index (χ4n) is 1.28. The molecule has 7 heteroatoms. The predicted molar refractivity (Wildman–Crippen MR) is 72.3 cm³/mol. The summed E-state index contributed by atoms with van der Waals surface area (Å²) in [4.78, 5) is 0. The maximum atomic E-state index is 13.7. The molecule has 5 N–H and O–H groups in total. The highest BCUT2D eigenvalue weighted by atomic mass is 35.5. The second-order valence-corrected chi connectivity index (χ2v) is 5.66. The normalized spacial score (nSPS) is 12.4. The van der Waals surface area contributed by atoms with Crippen LogP contribution in [0.15, 0.2) is 6.07 Å². The summed E-state index contributed by atoms with van der Waals surface area (Å²) in [6.45, 7) is 2.19. The number of nitrogens with two attached hydrogens (primary N) is 2. The van der Waals surface area contributed by atoms with Crippen LogP contribution in [0, 0.1) is 5.82 Å². The van der Waals surface area contributed by atoms with Gasteiger partial charge in [0.25, 0.3) is 0 Å². The molecule has 1 rings (SSSR count). The third-order valence-corrected chi connectivity index (χ3v) is 3.91. The maximum absolute atomic E-state index is 13.7. The van der Waals surface area contributed by atoms with E-state index in [0.717, 1.165) is 0 Å². The molecule has 0 aliphatic heterocycles. The van der Waals surface area contributed by atoms with E-state index in [1.165, 1.54) is 6.07 Å². The summed E-state index contributed by atoms with van der Waals surface area (Å²) in [6.07, 6.45) is 0. The van der Waals surface area contributed by atoms with Crippen LogP contribution in [-0.4, -0.2) is 22.3 Å². The van der Waals surface area contributed by atoms with E-state index in [1.807, 2.05) is 6.92 Å². The summed E-state index contributed by atoms with van der Waals surface area (Å²) in [5.41, 5.74) is 11.5. The monoisotopic (exact) mass is 279 g/mol. The molecule has 1 unspecified atom stereocenters. The fraction of sp³-hybridized carbons (Fsp3) is 0.400. The van der Waals surface area contributed by atoms with Gasteiger partial charge in [0.05, 0.1) is 17.1 Å². The lowest BCUT2D eigenvalue weighted by Crippen LogP contribution is -2.14. The van der Waals surface area contributed by atoms with Crippen molar-refractivity contribution in [2.75, 3.05) is 34.8 Å². The van der Waals surface area contributed by atoms with Crippen LogP contribution in [0.2, 0.25) is 5.02 Å². The molecule has 0 heterocycles. The summed E-state index contributed by atoms with van der Waals surface area (Å²) in [7, 11) is -0.907. The highest BCUT2D eigenvalue weighted by molar-refractivity contribution is 7.84. The van der Waals surface area contributed by atoms with E-state index in [-0.39, 0.29) is 22.1 Å². The van der Waals surface area contributed by atoms with Crippen molar-refractivity contribution in [3.05, 3.63) is 16.9 Å². The second-order valence-electron chi connectivity index (χ2n) is 3.42. The van der Waals surface area contributed by atoms with E-state index in [1.54, 1.807) is 0 Å². The van der Waals surface area contributed by atoms with Crippen molar-refractivity contribution in [2.24, 2.45) is 0 Å². The Morgan fingerprint density at radius 2 is 2.12 bits per heavy atom. The Bertz CT molecular complexity index is 442. The zero-order valence-electron chi connectivity index (χ0n) is 9.43. The van der Waals surface area contributed by atoms with Gasteiger partial charge in [-0.25, -0.2) is 4.39 Å². The average Bonchev–Trinajstić information content (AvgIpc) is 2.30. The first-order valence-corrected chi connectivity index (χ1v) is 6.95. The molecule has 0 bridgehead atoms. The van der Waals surface area contributed by atoms with Gasteiger partial charge in [0.1, 0.15) is 5.02 Å². The zero-order valence-corrected chi connectivity index (χ0v) is 11.0. The number of nitrogens with one attached hydrogen (secondary N) is 1. The van der Waals surface area contributed by atoms with Crippen LogP contribution in [0.25, 0.3) is 0 Å². The van der Waals surface area contributed by atoms with Crippen LogP contribution < -0.4 is 16.8 Å². The van der Waals surface area contributed by atoms with E-state index in [9.17, 15) is 8.60 Å². The van der Waals surface area contributed by atoms with Gasteiger partial charge in [0.2, 0.25) is 0 Å². The molecule has 0 spiro atoms. The first kappa shape index (κ1) is 14.1. The van der Waals surface area contributed by atoms with Crippen molar-refractivity contribution in [1.29, 1.82) is 0 Å². The van der Waals surface area contributed by atoms with Gasteiger partial charge in [0, 0.05) is 28.9 Å². The van der Waals surface area contributed by atoms with Gasteiger partial charge in [-0.15, -0.1) is 0 Å². The number of anilines is 3. The van der Waals surface area contributed by atoms with E-state index in [4.69, 9.17) is 23.1 Å². The summed E-state index contributed by atoms with van der Waals surface area (Å²) >= 11 is 5.67. The van der Waals surface area contributed by atoms with Crippen LogP contribution >= 0.6 is 11.6 Å². The highest BCUT2D eigenvalue weighted by Crippen LogP contribution is 2.33. The molecule has 0 aliphatic carbocycles. The largest absolute Gasteiger partial charge is 0.397 e. The first-order chi connectivity index (χ1) is 7.97. The number of hydrogen-bond acceptors (Lipinski definition) is 4. The van der Waals surface area contributed by atoms with Gasteiger partial charge in [-0.05, 0) is 6.07 Å². The SMILES string of the molecule is CCS(=O)CCNc1c(N)cc(N)c(Cl)c1F. The Hall–Kier alpha value is -1.01. The minimum atomic E-state index is -0.907. The van der Waals surface area contributed by atoms with Gasteiger partial charge in [-0.2, -0.15) is 0 Å². The minimum Gasteiger partial charge on any atom is -0.397 e. The molecule has 0 aromatic heterocycles. The molecule has 96 valence electrons. The van der Waals surface area contributed by atoms with Crippen molar-refractivity contribution in [1.82, 2.24) is 0 Å². The number of rotatable bonds is 5. The minimum absolute atomic E-state index is 0.101. The van der Waals surface area contributed by atoms with Crippen molar-refractivity contribution in [2.45, 2.75) is 6.92 Å². The summed E-state index contributed by atoms with van der Waals surface area (Å²) in [5.74, 6) is 0.325. The Morgan fingerprint density at radius 1 is 1.47 bits per heavy atom. The van der Waals surface area contributed by atoms with Gasteiger partial charge in [0.15, 0.2) is 5.82 Å². The molecule has 0 aliphatic rings. The van der Waals surface area contributed by atoms with Crippen LogP contribution in [0.5, 0.6) is 0 Å². The number of nitrogen functional groups attached to an aromatic ring is 2.